The maximum atomic E-state index is 12.6. The largest absolute Gasteiger partial charge is 0.519 e. The first kappa shape index (κ1) is 24.4. The molecule has 0 aromatic heterocycles. The van der Waals surface area contributed by atoms with Crippen LogP contribution in [0.3, 0.4) is 0 Å². The zero-order chi connectivity index (χ0) is 19.0. The summed E-state index contributed by atoms with van der Waals surface area (Å²) < 4.78 is 17.1. The van der Waals surface area contributed by atoms with Gasteiger partial charge in [-0.3, -0.25) is 4.79 Å². The van der Waals surface area contributed by atoms with Crippen LogP contribution in [0, 0.1) is 0 Å². The predicted molar refractivity (Wildman–Crippen MR) is 103 cm³/mol. The van der Waals surface area contributed by atoms with Gasteiger partial charge in [-0.1, -0.05) is 51.9 Å². The van der Waals surface area contributed by atoms with Crippen LogP contribution < -0.4 is 0 Å². The Kier molecular flexibility index (Phi) is 15.3. The second-order valence-corrected chi connectivity index (χ2v) is 8.90. The molecular formula is C19H38O5Si. The molecular weight excluding hydrogens is 336 g/mol. The van der Waals surface area contributed by atoms with Crippen LogP contribution in [-0.2, 0) is 22.9 Å². The molecule has 0 radical (unpaired) electrons. The summed E-state index contributed by atoms with van der Waals surface area (Å²) in [5, 5.41) is 0. The minimum Gasteiger partial charge on any atom is -0.373 e. The van der Waals surface area contributed by atoms with E-state index in [1.807, 2.05) is 20.8 Å². The monoisotopic (exact) mass is 374 g/mol. The lowest BCUT2D eigenvalue weighted by atomic mass is 10.1. The van der Waals surface area contributed by atoms with Crippen LogP contribution in [0.25, 0.3) is 0 Å². The molecule has 25 heavy (non-hydrogen) atoms. The Morgan fingerprint density at radius 3 is 1.64 bits per heavy atom. The zero-order valence-electron chi connectivity index (χ0n) is 16.7. The van der Waals surface area contributed by atoms with Crippen LogP contribution in [0.4, 0.5) is 0 Å². The van der Waals surface area contributed by atoms with E-state index in [4.69, 9.17) is 13.3 Å². The van der Waals surface area contributed by atoms with Gasteiger partial charge in [-0.2, -0.15) is 0 Å². The molecule has 0 rings (SSSR count). The molecule has 0 bridgehead atoms. The highest BCUT2D eigenvalue weighted by Crippen LogP contribution is 2.27. The molecule has 148 valence electrons. The molecule has 0 aromatic rings. The summed E-state index contributed by atoms with van der Waals surface area (Å²) in [4.78, 5) is 24.2. The summed E-state index contributed by atoms with van der Waals surface area (Å²) in [5.41, 5.74) is -0.906. The third-order valence-electron chi connectivity index (χ3n) is 4.18. The van der Waals surface area contributed by atoms with E-state index in [1.54, 1.807) is 0 Å². The number of hydrogen-bond donors (Lipinski definition) is 0. The molecule has 0 aromatic carbocycles. The van der Waals surface area contributed by atoms with E-state index in [0.29, 0.717) is 32.5 Å². The van der Waals surface area contributed by atoms with Crippen molar-refractivity contribution in [2.75, 3.05) is 19.8 Å². The highest BCUT2D eigenvalue weighted by Gasteiger charge is 2.52. The van der Waals surface area contributed by atoms with Crippen molar-refractivity contribution in [3.8, 4) is 0 Å². The molecule has 0 aliphatic rings. The van der Waals surface area contributed by atoms with Crippen molar-refractivity contribution in [3.63, 3.8) is 0 Å². The molecule has 5 nitrogen and oxygen atoms in total. The molecule has 0 saturated carbocycles. The SMILES string of the molecule is CCCCCCCCCCC(=O)C(C=O)[Si](OCC)(OCC)OCC. The van der Waals surface area contributed by atoms with E-state index in [1.165, 1.54) is 32.1 Å². The summed E-state index contributed by atoms with van der Waals surface area (Å²) in [5.74, 6) is -0.108. The average molecular weight is 375 g/mol. The predicted octanol–water partition coefficient (Wildman–Crippen LogP) is 4.70. The first-order valence-corrected chi connectivity index (χ1v) is 11.8. The lowest BCUT2D eigenvalue weighted by Crippen LogP contribution is -2.53. The summed E-state index contributed by atoms with van der Waals surface area (Å²) in [7, 11) is -3.30. The molecule has 0 aliphatic carbocycles. The number of rotatable bonds is 18. The van der Waals surface area contributed by atoms with Gasteiger partial charge in [0.15, 0.2) is 0 Å². The fourth-order valence-corrected chi connectivity index (χ4v) is 5.64. The molecule has 0 N–H and O–H groups in total. The molecule has 0 amide bonds. The lowest BCUT2D eigenvalue weighted by molar-refractivity contribution is -0.124. The Balaban J connectivity index is 4.47. The van der Waals surface area contributed by atoms with Gasteiger partial charge in [-0.15, -0.1) is 0 Å². The van der Waals surface area contributed by atoms with Gasteiger partial charge in [0.1, 0.15) is 17.6 Å². The first-order valence-electron chi connectivity index (χ1n) is 10.0. The zero-order valence-corrected chi connectivity index (χ0v) is 17.7. The van der Waals surface area contributed by atoms with Crippen LogP contribution in [-0.4, -0.2) is 40.7 Å². The second kappa shape index (κ2) is 15.7. The molecule has 0 aliphatic heterocycles. The van der Waals surface area contributed by atoms with E-state index in [0.717, 1.165) is 19.3 Å². The third-order valence-corrected chi connectivity index (χ3v) is 7.47. The van der Waals surface area contributed by atoms with E-state index >= 15 is 0 Å². The van der Waals surface area contributed by atoms with Crippen LogP contribution >= 0.6 is 0 Å². The number of Topliss-reactive ketones (excluding diaryl/α,β-unsaturated/α-hetero) is 1. The van der Waals surface area contributed by atoms with E-state index < -0.39 is 14.3 Å². The summed E-state index contributed by atoms with van der Waals surface area (Å²) in [6, 6.07) is 0. The van der Waals surface area contributed by atoms with Crippen LogP contribution in [0.5, 0.6) is 0 Å². The van der Waals surface area contributed by atoms with Gasteiger partial charge >= 0.3 is 8.80 Å². The Labute approximate surface area is 155 Å². The average Bonchev–Trinajstić information content (AvgIpc) is 2.58. The van der Waals surface area contributed by atoms with E-state index in [2.05, 4.69) is 6.92 Å². The number of aldehydes is 1. The van der Waals surface area contributed by atoms with Crippen molar-refractivity contribution in [2.45, 2.75) is 91.0 Å². The van der Waals surface area contributed by atoms with Crippen LogP contribution in [0.15, 0.2) is 0 Å². The number of hydrogen-bond acceptors (Lipinski definition) is 5. The summed E-state index contributed by atoms with van der Waals surface area (Å²) in [6.07, 6.45) is 10.4. The summed E-state index contributed by atoms with van der Waals surface area (Å²) >= 11 is 0. The Morgan fingerprint density at radius 2 is 1.24 bits per heavy atom. The van der Waals surface area contributed by atoms with Gasteiger partial charge in [-0.25, -0.2) is 0 Å². The van der Waals surface area contributed by atoms with Gasteiger partial charge in [0, 0.05) is 26.2 Å². The van der Waals surface area contributed by atoms with Gasteiger partial charge < -0.3 is 18.1 Å². The lowest BCUT2D eigenvalue weighted by Gasteiger charge is -2.31. The fraction of sp³-hybridized carbons (Fsp3) is 0.895. The molecule has 0 heterocycles. The summed E-state index contributed by atoms with van der Waals surface area (Å²) in [6.45, 7) is 8.77. The first-order chi connectivity index (χ1) is 12.1. The smallest absolute Gasteiger partial charge is 0.373 e. The standard InChI is InChI=1S/C19H38O5Si/c1-5-9-10-11-12-13-14-15-16-18(21)19(17-20)25(22-6-2,23-7-3)24-8-4/h17,19H,5-16H2,1-4H3. The van der Waals surface area contributed by atoms with Crippen molar-refractivity contribution < 1.29 is 22.9 Å². The van der Waals surface area contributed by atoms with Gasteiger partial charge in [0.2, 0.25) is 0 Å². The van der Waals surface area contributed by atoms with Crippen LogP contribution in [0.2, 0.25) is 5.54 Å². The normalized spacial score (nSPS) is 13.0. The van der Waals surface area contributed by atoms with Crippen molar-refractivity contribution in [1.29, 1.82) is 0 Å². The van der Waals surface area contributed by atoms with Crippen LogP contribution in [0.1, 0.15) is 85.5 Å². The van der Waals surface area contributed by atoms with Gasteiger partial charge in [0.25, 0.3) is 0 Å². The highest BCUT2D eigenvalue weighted by atomic mass is 28.4. The minimum atomic E-state index is -3.30. The maximum absolute atomic E-state index is 12.6. The number of unbranched alkanes of at least 4 members (excludes halogenated alkanes) is 7. The Bertz CT molecular complexity index is 332. The third kappa shape index (κ3) is 9.63. The number of carbonyl (C=O) groups is 2. The van der Waals surface area contributed by atoms with Gasteiger partial charge in [0.05, 0.1) is 0 Å². The molecule has 6 heteroatoms. The molecule has 1 unspecified atom stereocenters. The second-order valence-electron chi connectivity index (χ2n) is 6.21. The fourth-order valence-electron chi connectivity index (χ4n) is 2.94. The topological polar surface area (TPSA) is 61.8 Å². The van der Waals surface area contributed by atoms with Crippen molar-refractivity contribution in [1.82, 2.24) is 0 Å². The van der Waals surface area contributed by atoms with E-state index in [9.17, 15) is 9.59 Å². The molecule has 0 spiro atoms. The van der Waals surface area contributed by atoms with Crippen molar-refractivity contribution in [2.24, 2.45) is 0 Å². The minimum absolute atomic E-state index is 0.108. The van der Waals surface area contributed by atoms with Gasteiger partial charge in [-0.05, 0) is 27.2 Å². The van der Waals surface area contributed by atoms with Crippen molar-refractivity contribution >= 4 is 20.9 Å². The molecule has 1 atom stereocenters. The number of carbonyl (C=O) groups excluding carboxylic acids is 2. The van der Waals surface area contributed by atoms with E-state index in [-0.39, 0.29) is 5.78 Å². The quantitative estimate of drug-likeness (QED) is 0.151. The van der Waals surface area contributed by atoms with Crippen molar-refractivity contribution in [3.05, 3.63) is 0 Å². The maximum Gasteiger partial charge on any atom is 0.519 e. The highest BCUT2D eigenvalue weighted by molar-refractivity contribution is 6.70. The molecule has 0 saturated heterocycles. The molecule has 0 fully saturated rings. The Morgan fingerprint density at radius 1 is 0.800 bits per heavy atom. The Hall–Kier alpha value is -0.563. The number of ketones is 1.